The van der Waals surface area contributed by atoms with Gasteiger partial charge in [0.2, 0.25) is 5.95 Å². The maximum absolute atomic E-state index is 11.6. The van der Waals surface area contributed by atoms with Crippen LogP contribution in [-0.4, -0.2) is 40.5 Å². The van der Waals surface area contributed by atoms with Crippen LogP contribution in [0.2, 0.25) is 0 Å². The van der Waals surface area contributed by atoms with Gasteiger partial charge in [0.25, 0.3) is 0 Å². The van der Waals surface area contributed by atoms with Gasteiger partial charge in [-0.25, -0.2) is 14.8 Å². The van der Waals surface area contributed by atoms with Crippen LogP contribution in [0.25, 0.3) is 0 Å². The van der Waals surface area contributed by atoms with Gasteiger partial charge in [-0.2, -0.15) is 0 Å². The number of anilines is 1. The molecule has 6 heteroatoms. The summed E-state index contributed by atoms with van der Waals surface area (Å²) in [6, 6.07) is 1.40. The maximum Gasteiger partial charge on any atom is 0.324 e. The van der Waals surface area contributed by atoms with Gasteiger partial charge < -0.3 is 10.6 Å². The zero-order valence-electron chi connectivity index (χ0n) is 8.84. The molecule has 1 unspecified atom stereocenters. The second kappa shape index (κ2) is 5.26. The van der Waals surface area contributed by atoms with E-state index in [4.69, 9.17) is 5.73 Å². The Morgan fingerprint density at radius 3 is 2.73 bits per heavy atom. The highest BCUT2D eigenvalue weighted by Crippen LogP contribution is 1.99. The van der Waals surface area contributed by atoms with Gasteiger partial charge in [0.1, 0.15) is 0 Å². The first-order valence-corrected chi connectivity index (χ1v) is 4.66. The fourth-order valence-electron chi connectivity index (χ4n) is 0.906. The molecule has 0 aliphatic carbocycles. The lowest BCUT2D eigenvalue weighted by Crippen LogP contribution is -2.42. The summed E-state index contributed by atoms with van der Waals surface area (Å²) in [6.07, 6.45) is 3.13. The molecule has 2 amide bonds. The van der Waals surface area contributed by atoms with Crippen molar-refractivity contribution in [1.82, 2.24) is 14.9 Å². The van der Waals surface area contributed by atoms with Crippen molar-refractivity contribution >= 4 is 12.0 Å². The number of likely N-dealkylation sites (N-methyl/N-ethyl adjacent to an activating group) is 1. The summed E-state index contributed by atoms with van der Waals surface area (Å²) in [6.45, 7) is 2.28. The molecule has 1 heterocycles. The van der Waals surface area contributed by atoms with Crippen molar-refractivity contribution in [3.63, 3.8) is 0 Å². The summed E-state index contributed by atoms with van der Waals surface area (Å²) >= 11 is 0. The lowest BCUT2D eigenvalue weighted by Gasteiger charge is -2.23. The van der Waals surface area contributed by atoms with Crippen molar-refractivity contribution in [1.29, 1.82) is 0 Å². The van der Waals surface area contributed by atoms with Gasteiger partial charge in [-0.05, 0) is 13.0 Å². The summed E-state index contributed by atoms with van der Waals surface area (Å²) in [4.78, 5) is 20.9. The average Bonchev–Trinajstić information content (AvgIpc) is 2.28. The Balaban J connectivity index is 2.56. The maximum atomic E-state index is 11.6. The van der Waals surface area contributed by atoms with Crippen molar-refractivity contribution in [2.45, 2.75) is 13.0 Å². The van der Waals surface area contributed by atoms with Crippen LogP contribution in [0.4, 0.5) is 10.7 Å². The number of rotatable bonds is 3. The highest BCUT2D eigenvalue weighted by molar-refractivity contribution is 5.87. The molecule has 1 aromatic rings. The summed E-state index contributed by atoms with van der Waals surface area (Å²) < 4.78 is 0. The van der Waals surface area contributed by atoms with Gasteiger partial charge in [0.15, 0.2) is 0 Å². The molecule has 3 N–H and O–H groups in total. The standard InChI is InChI=1S/C9H15N5O/c1-7(6-10)14(2)9(15)13-8-11-4-3-5-12-8/h3-5,7H,6,10H2,1-2H3,(H,11,12,13,15). The average molecular weight is 209 g/mol. The van der Waals surface area contributed by atoms with Crippen LogP contribution in [-0.2, 0) is 0 Å². The molecule has 0 radical (unpaired) electrons. The quantitative estimate of drug-likeness (QED) is 0.749. The Morgan fingerprint density at radius 2 is 2.20 bits per heavy atom. The Bertz CT molecular complexity index is 316. The SMILES string of the molecule is CC(CN)N(C)C(=O)Nc1ncccn1. The lowest BCUT2D eigenvalue weighted by molar-refractivity contribution is 0.209. The van der Waals surface area contributed by atoms with E-state index in [0.717, 1.165) is 0 Å². The van der Waals surface area contributed by atoms with Gasteiger partial charge in [0, 0.05) is 32.0 Å². The largest absolute Gasteiger partial charge is 0.328 e. The Morgan fingerprint density at radius 1 is 1.60 bits per heavy atom. The van der Waals surface area contributed by atoms with E-state index in [1.807, 2.05) is 6.92 Å². The minimum atomic E-state index is -0.265. The second-order valence-corrected chi connectivity index (χ2v) is 3.20. The zero-order chi connectivity index (χ0) is 11.3. The van der Waals surface area contributed by atoms with Crippen molar-refractivity contribution in [2.24, 2.45) is 5.73 Å². The van der Waals surface area contributed by atoms with E-state index in [2.05, 4.69) is 15.3 Å². The number of hydrogen-bond acceptors (Lipinski definition) is 4. The zero-order valence-corrected chi connectivity index (χ0v) is 8.84. The van der Waals surface area contributed by atoms with Crippen LogP contribution in [0.15, 0.2) is 18.5 Å². The van der Waals surface area contributed by atoms with E-state index in [1.165, 1.54) is 4.90 Å². The highest BCUT2D eigenvalue weighted by Gasteiger charge is 2.14. The number of nitrogens with zero attached hydrogens (tertiary/aromatic N) is 3. The fraction of sp³-hybridized carbons (Fsp3) is 0.444. The van der Waals surface area contributed by atoms with Gasteiger partial charge in [-0.3, -0.25) is 5.32 Å². The van der Waals surface area contributed by atoms with Gasteiger partial charge >= 0.3 is 6.03 Å². The van der Waals surface area contributed by atoms with Crippen molar-refractivity contribution in [2.75, 3.05) is 18.9 Å². The fourth-order valence-corrected chi connectivity index (χ4v) is 0.906. The highest BCUT2D eigenvalue weighted by atomic mass is 16.2. The molecular weight excluding hydrogens is 194 g/mol. The molecule has 82 valence electrons. The third kappa shape index (κ3) is 3.17. The predicted molar refractivity (Wildman–Crippen MR) is 57.3 cm³/mol. The van der Waals surface area contributed by atoms with Gasteiger partial charge in [-0.15, -0.1) is 0 Å². The number of urea groups is 1. The second-order valence-electron chi connectivity index (χ2n) is 3.20. The molecule has 0 aliphatic heterocycles. The van der Waals surface area contributed by atoms with E-state index in [0.29, 0.717) is 12.5 Å². The molecule has 0 aromatic carbocycles. The molecule has 0 spiro atoms. The third-order valence-corrected chi connectivity index (χ3v) is 2.11. The minimum Gasteiger partial charge on any atom is -0.328 e. The molecule has 6 nitrogen and oxygen atoms in total. The normalized spacial score (nSPS) is 11.9. The predicted octanol–water partition coefficient (Wildman–Crippen LogP) is 0.287. The summed E-state index contributed by atoms with van der Waals surface area (Å²) in [7, 11) is 1.68. The number of aromatic nitrogens is 2. The Hall–Kier alpha value is -1.69. The first-order chi connectivity index (χ1) is 7.15. The molecule has 0 saturated heterocycles. The number of nitrogens with two attached hydrogens (primary N) is 1. The van der Waals surface area contributed by atoms with Gasteiger partial charge in [-0.1, -0.05) is 0 Å². The molecule has 15 heavy (non-hydrogen) atoms. The van der Waals surface area contributed by atoms with Crippen molar-refractivity contribution < 1.29 is 4.79 Å². The third-order valence-electron chi connectivity index (χ3n) is 2.11. The summed E-state index contributed by atoms with van der Waals surface area (Å²) in [5.41, 5.74) is 5.45. The molecule has 1 aromatic heterocycles. The van der Waals surface area contributed by atoms with Crippen LogP contribution in [0.1, 0.15) is 6.92 Å². The number of nitrogens with one attached hydrogen (secondary N) is 1. The smallest absolute Gasteiger partial charge is 0.324 e. The molecule has 0 saturated carbocycles. The molecule has 1 rings (SSSR count). The number of amides is 2. The molecule has 0 bridgehead atoms. The first-order valence-electron chi connectivity index (χ1n) is 4.66. The van der Waals surface area contributed by atoms with Crippen LogP contribution in [0, 0.1) is 0 Å². The van der Waals surface area contributed by atoms with Crippen molar-refractivity contribution in [3.8, 4) is 0 Å². The van der Waals surface area contributed by atoms with E-state index in [1.54, 1.807) is 25.5 Å². The van der Waals surface area contributed by atoms with Crippen LogP contribution < -0.4 is 11.1 Å². The van der Waals surface area contributed by atoms with E-state index >= 15 is 0 Å². The monoisotopic (exact) mass is 209 g/mol. The summed E-state index contributed by atoms with van der Waals surface area (Å²) in [5.74, 6) is 0.290. The van der Waals surface area contributed by atoms with Gasteiger partial charge in [0.05, 0.1) is 0 Å². The number of hydrogen-bond donors (Lipinski definition) is 2. The topological polar surface area (TPSA) is 84.1 Å². The Labute approximate surface area is 88.5 Å². The number of carbonyl (C=O) groups is 1. The van der Waals surface area contributed by atoms with E-state index in [-0.39, 0.29) is 12.1 Å². The molecule has 0 aliphatic rings. The first kappa shape index (κ1) is 11.4. The molecule has 1 atom stereocenters. The van der Waals surface area contributed by atoms with Crippen LogP contribution in [0.3, 0.4) is 0 Å². The minimum absolute atomic E-state index is 0.0197. The molecular formula is C9H15N5O. The Kier molecular flexibility index (Phi) is 3.99. The van der Waals surface area contributed by atoms with E-state index < -0.39 is 0 Å². The van der Waals surface area contributed by atoms with E-state index in [9.17, 15) is 4.79 Å². The van der Waals surface area contributed by atoms with Crippen LogP contribution >= 0.6 is 0 Å². The summed E-state index contributed by atoms with van der Waals surface area (Å²) in [5, 5.41) is 2.57. The lowest BCUT2D eigenvalue weighted by atomic mass is 10.3. The van der Waals surface area contributed by atoms with Crippen LogP contribution in [0.5, 0.6) is 0 Å². The van der Waals surface area contributed by atoms with Crippen molar-refractivity contribution in [3.05, 3.63) is 18.5 Å². The number of carbonyl (C=O) groups excluding carboxylic acids is 1. The molecule has 0 fully saturated rings.